The number of epoxide rings is 1. The Morgan fingerprint density at radius 2 is 1.96 bits per heavy atom. The summed E-state index contributed by atoms with van der Waals surface area (Å²) < 4.78 is 12.4. The van der Waals surface area contributed by atoms with Gasteiger partial charge in [0.15, 0.2) is 5.72 Å². The van der Waals surface area contributed by atoms with Crippen LogP contribution in [0.3, 0.4) is 0 Å². The van der Waals surface area contributed by atoms with Crippen molar-refractivity contribution in [2.45, 2.75) is 63.9 Å². The number of rotatable bonds is 6. The van der Waals surface area contributed by atoms with Crippen molar-refractivity contribution in [3.63, 3.8) is 0 Å². The Hall–Kier alpha value is -1.66. The average Bonchev–Trinajstić information content (AvgIpc) is 3.27. The van der Waals surface area contributed by atoms with E-state index < -0.39 is 4.92 Å². The second kappa shape index (κ2) is 7.07. The number of nitro benzene ring substituents is 1. The fourth-order valence-electron chi connectivity index (χ4n) is 3.92. The highest BCUT2D eigenvalue weighted by molar-refractivity contribution is 5.36. The minimum atomic E-state index is -0.394. The number of non-ortho nitro benzene ring substituents is 1. The molecule has 1 saturated heterocycles. The van der Waals surface area contributed by atoms with E-state index in [0.29, 0.717) is 5.75 Å². The average molecular weight is 334 g/mol. The lowest BCUT2D eigenvalue weighted by Crippen LogP contribution is -2.44. The predicted molar refractivity (Wildman–Crippen MR) is 91.1 cm³/mol. The van der Waals surface area contributed by atoms with Crippen LogP contribution in [0.4, 0.5) is 5.69 Å². The van der Waals surface area contributed by atoms with Crippen molar-refractivity contribution in [1.29, 1.82) is 0 Å². The Morgan fingerprint density at radius 3 is 2.58 bits per heavy atom. The highest BCUT2D eigenvalue weighted by Crippen LogP contribution is 2.49. The maximum atomic E-state index is 10.8. The summed E-state index contributed by atoms with van der Waals surface area (Å²) >= 11 is 0. The molecule has 0 bridgehead atoms. The van der Waals surface area contributed by atoms with Crippen LogP contribution in [0.25, 0.3) is 0 Å². The molecule has 3 atom stereocenters. The molecule has 1 saturated carbocycles. The van der Waals surface area contributed by atoms with E-state index in [4.69, 9.17) is 9.47 Å². The number of likely N-dealkylation sites (N-methyl/N-ethyl adjacent to an activating group) is 1. The maximum Gasteiger partial charge on any atom is 0.269 e. The summed E-state index contributed by atoms with van der Waals surface area (Å²) in [6.07, 6.45) is 5.63. The Bertz CT molecular complexity index is 573. The van der Waals surface area contributed by atoms with Crippen LogP contribution < -0.4 is 4.74 Å². The fraction of sp³-hybridized carbons (Fsp3) is 0.667. The van der Waals surface area contributed by atoms with E-state index in [2.05, 4.69) is 18.7 Å². The smallest absolute Gasteiger partial charge is 0.269 e. The molecule has 1 aliphatic heterocycles. The first-order valence-electron chi connectivity index (χ1n) is 8.94. The highest BCUT2D eigenvalue weighted by atomic mass is 16.7. The van der Waals surface area contributed by atoms with Crippen LogP contribution in [0.1, 0.15) is 46.0 Å². The monoisotopic (exact) mass is 334 g/mol. The lowest BCUT2D eigenvalue weighted by molar-refractivity contribution is -0.384. The van der Waals surface area contributed by atoms with Gasteiger partial charge >= 0.3 is 0 Å². The first kappa shape index (κ1) is 17.2. The number of fused-ring (bicyclic) bond motifs is 1. The Labute approximate surface area is 142 Å². The predicted octanol–water partition coefficient (Wildman–Crippen LogP) is 3.74. The van der Waals surface area contributed by atoms with Crippen molar-refractivity contribution in [1.82, 2.24) is 4.90 Å². The lowest BCUT2D eigenvalue weighted by atomic mass is 9.93. The minimum absolute atomic E-state index is 0.00681. The van der Waals surface area contributed by atoms with Crippen molar-refractivity contribution >= 4 is 5.69 Å². The van der Waals surface area contributed by atoms with Gasteiger partial charge in [-0.1, -0.05) is 20.3 Å². The Kier molecular flexibility index (Phi) is 5.06. The van der Waals surface area contributed by atoms with Gasteiger partial charge in [-0.2, -0.15) is 0 Å². The SMILES string of the molecule is CCN(CC)C12CCCCCC(Oc3ccc([N+](=O)[O-])cc3)C1O2. The van der Waals surface area contributed by atoms with Crippen LogP contribution in [0.2, 0.25) is 0 Å². The second-order valence-corrected chi connectivity index (χ2v) is 6.56. The second-order valence-electron chi connectivity index (χ2n) is 6.56. The van der Waals surface area contributed by atoms with Gasteiger partial charge in [0.2, 0.25) is 0 Å². The van der Waals surface area contributed by atoms with Crippen LogP contribution in [-0.2, 0) is 4.74 Å². The molecule has 2 fully saturated rings. The molecule has 2 aliphatic rings. The van der Waals surface area contributed by atoms with E-state index in [0.717, 1.165) is 32.4 Å². The molecule has 0 aromatic heterocycles. The van der Waals surface area contributed by atoms with Crippen molar-refractivity contribution < 1.29 is 14.4 Å². The van der Waals surface area contributed by atoms with Gasteiger partial charge in [0.25, 0.3) is 5.69 Å². The van der Waals surface area contributed by atoms with Crippen LogP contribution in [0.15, 0.2) is 24.3 Å². The molecule has 3 rings (SSSR count). The summed E-state index contributed by atoms with van der Waals surface area (Å²) in [5, 5.41) is 10.8. The largest absolute Gasteiger partial charge is 0.488 e. The first-order chi connectivity index (χ1) is 11.6. The van der Waals surface area contributed by atoms with E-state index in [1.165, 1.54) is 25.0 Å². The number of nitrogens with zero attached hydrogens (tertiary/aromatic N) is 2. The van der Waals surface area contributed by atoms with Gasteiger partial charge in [-0.25, -0.2) is 0 Å². The third kappa shape index (κ3) is 3.26. The zero-order valence-electron chi connectivity index (χ0n) is 14.4. The lowest BCUT2D eigenvalue weighted by Gasteiger charge is -2.30. The molecule has 0 radical (unpaired) electrons. The summed E-state index contributed by atoms with van der Waals surface area (Å²) in [6, 6.07) is 6.34. The number of hydrogen-bond donors (Lipinski definition) is 0. The molecule has 1 heterocycles. The van der Waals surface area contributed by atoms with E-state index in [-0.39, 0.29) is 23.6 Å². The molecule has 132 valence electrons. The molecule has 0 amide bonds. The van der Waals surface area contributed by atoms with Crippen molar-refractivity contribution in [3.05, 3.63) is 34.4 Å². The standard InChI is InChI=1S/C18H26N2O4/c1-3-19(4-2)18-13-7-5-6-8-16(17(18)24-18)23-15-11-9-14(10-12-15)20(21)22/h9-12,16-17H,3-8,13H2,1-2H3. The molecule has 0 N–H and O–H groups in total. The van der Waals surface area contributed by atoms with Crippen molar-refractivity contribution in [3.8, 4) is 5.75 Å². The fourth-order valence-corrected chi connectivity index (χ4v) is 3.92. The zero-order valence-corrected chi connectivity index (χ0v) is 14.4. The van der Waals surface area contributed by atoms with E-state index in [9.17, 15) is 10.1 Å². The van der Waals surface area contributed by atoms with Crippen molar-refractivity contribution in [2.75, 3.05) is 13.1 Å². The van der Waals surface area contributed by atoms with Gasteiger partial charge in [-0.3, -0.25) is 15.0 Å². The van der Waals surface area contributed by atoms with E-state index in [1.807, 2.05) is 0 Å². The molecule has 3 unspecified atom stereocenters. The molecular weight excluding hydrogens is 308 g/mol. The summed E-state index contributed by atoms with van der Waals surface area (Å²) in [5.41, 5.74) is -0.0878. The zero-order chi connectivity index (χ0) is 17.2. The third-order valence-corrected chi connectivity index (χ3v) is 5.21. The van der Waals surface area contributed by atoms with E-state index in [1.54, 1.807) is 12.1 Å². The molecule has 1 aromatic carbocycles. The van der Waals surface area contributed by atoms with Crippen LogP contribution in [-0.4, -0.2) is 40.8 Å². The van der Waals surface area contributed by atoms with Crippen LogP contribution in [0.5, 0.6) is 5.75 Å². The normalized spacial score (nSPS) is 29.5. The Balaban J connectivity index is 1.73. The van der Waals surface area contributed by atoms with E-state index >= 15 is 0 Å². The molecular formula is C18H26N2O4. The third-order valence-electron chi connectivity index (χ3n) is 5.21. The van der Waals surface area contributed by atoms with Gasteiger partial charge in [0.1, 0.15) is 18.0 Å². The van der Waals surface area contributed by atoms with Gasteiger partial charge < -0.3 is 9.47 Å². The quantitative estimate of drug-likeness (QED) is 0.450. The molecule has 6 heteroatoms. The Morgan fingerprint density at radius 1 is 1.25 bits per heavy atom. The van der Waals surface area contributed by atoms with Gasteiger partial charge in [-0.15, -0.1) is 0 Å². The number of ether oxygens (including phenoxy) is 2. The van der Waals surface area contributed by atoms with Crippen LogP contribution in [0, 0.1) is 10.1 Å². The van der Waals surface area contributed by atoms with Gasteiger partial charge in [0.05, 0.1) is 4.92 Å². The molecule has 1 aromatic rings. The summed E-state index contributed by atoms with van der Waals surface area (Å²) in [6.45, 7) is 6.28. The minimum Gasteiger partial charge on any atom is -0.488 e. The first-order valence-corrected chi connectivity index (χ1v) is 8.94. The van der Waals surface area contributed by atoms with Gasteiger partial charge in [0, 0.05) is 12.1 Å². The van der Waals surface area contributed by atoms with Crippen molar-refractivity contribution in [2.24, 2.45) is 0 Å². The summed E-state index contributed by atoms with van der Waals surface area (Å²) in [4.78, 5) is 12.8. The number of nitro groups is 1. The maximum absolute atomic E-state index is 10.8. The summed E-state index contributed by atoms with van der Waals surface area (Å²) in [5.74, 6) is 0.676. The number of benzene rings is 1. The topological polar surface area (TPSA) is 68.1 Å². The summed E-state index contributed by atoms with van der Waals surface area (Å²) in [7, 11) is 0. The molecule has 6 nitrogen and oxygen atoms in total. The number of hydrogen-bond acceptors (Lipinski definition) is 5. The van der Waals surface area contributed by atoms with Gasteiger partial charge in [-0.05, 0) is 50.9 Å². The highest BCUT2D eigenvalue weighted by Gasteiger charge is 2.63. The molecule has 0 spiro atoms. The van der Waals surface area contributed by atoms with Crippen LogP contribution >= 0.6 is 0 Å². The molecule has 1 aliphatic carbocycles. The molecule has 24 heavy (non-hydrogen) atoms.